The van der Waals surface area contributed by atoms with Crippen molar-refractivity contribution in [3.05, 3.63) is 66.0 Å². The van der Waals surface area contributed by atoms with E-state index in [4.69, 9.17) is 0 Å². The van der Waals surface area contributed by atoms with E-state index in [0.717, 1.165) is 36.9 Å². The molecule has 2 aromatic rings. The molecular formula is C29H39N3O3. The van der Waals surface area contributed by atoms with Gasteiger partial charge in [-0.1, -0.05) is 57.2 Å². The average molecular weight is 478 g/mol. The Kier molecular flexibility index (Phi) is 7.90. The van der Waals surface area contributed by atoms with Crippen molar-refractivity contribution in [2.45, 2.75) is 71.6 Å². The third-order valence-corrected chi connectivity index (χ3v) is 8.67. The maximum atomic E-state index is 13.0. The third kappa shape index (κ3) is 5.75. The topological polar surface area (TPSA) is 91.3 Å². The second kappa shape index (κ2) is 10.9. The summed E-state index contributed by atoms with van der Waals surface area (Å²) in [6.07, 6.45) is 5.24. The summed E-state index contributed by atoms with van der Waals surface area (Å²) in [4.78, 5) is 30.0. The van der Waals surface area contributed by atoms with Gasteiger partial charge in [0.25, 0.3) is 0 Å². The summed E-state index contributed by atoms with van der Waals surface area (Å²) >= 11 is 0. The van der Waals surface area contributed by atoms with Crippen molar-refractivity contribution in [3.63, 3.8) is 0 Å². The first-order valence-electron chi connectivity index (χ1n) is 13.0. The van der Waals surface area contributed by atoms with Crippen LogP contribution in [-0.2, 0) is 22.6 Å². The lowest BCUT2D eigenvalue weighted by Gasteiger charge is -2.56. The molecule has 4 rings (SSSR count). The number of pyridine rings is 1. The summed E-state index contributed by atoms with van der Waals surface area (Å²) in [5.74, 6) is -0.227. The minimum atomic E-state index is -0.576. The van der Waals surface area contributed by atoms with Gasteiger partial charge in [0.05, 0.1) is 24.8 Å². The van der Waals surface area contributed by atoms with Gasteiger partial charge in [0.15, 0.2) is 0 Å². The van der Waals surface area contributed by atoms with E-state index in [-0.39, 0.29) is 46.9 Å². The maximum Gasteiger partial charge on any atom is 0.224 e. The number of aliphatic hydroxyl groups is 1. The van der Waals surface area contributed by atoms with Crippen molar-refractivity contribution in [1.82, 2.24) is 15.6 Å². The monoisotopic (exact) mass is 477 g/mol. The van der Waals surface area contributed by atoms with Gasteiger partial charge in [0, 0.05) is 18.2 Å². The normalized spacial score (nSPS) is 31.1. The zero-order chi connectivity index (χ0) is 25.0. The minimum Gasteiger partial charge on any atom is -0.392 e. The average Bonchev–Trinajstić information content (AvgIpc) is 2.85. The molecule has 35 heavy (non-hydrogen) atoms. The number of hydrogen-bond donors (Lipinski definition) is 3. The Balaban J connectivity index is 1.39. The summed E-state index contributed by atoms with van der Waals surface area (Å²) in [7, 11) is 0. The van der Waals surface area contributed by atoms with Crippen LogP contribution in [0.5, 0.6) is 0 Å². The summed E-state index contributed by atoms with van der Waals surface area (Å²) in [5.41, 5.74) is 1.85. The fraction of sp³-hybridized carbons (Fsp3) is 0.552. The molecule has 3 N–H and O–H groups in total. The van der Waals surface area contributed by atoms with Gasteiger partial charge in [-0.2, -0.15) is 0 Å². The van der Waals surface area contributed by atoms with E-state index >= 15 is 0 Å². The SMILES string of the molecule is C[C@H]1[C@@H]2[C@@H](O)[C@@H]([C@H](C)C(=O)NCc3ccccn3)CC[C@@]2(C)CC[C@@H]1NC(=O)Cc1ccccc1. The number of fused-ring (bicyclic) bond motifs is 1. The Morgan fingerprint density at radius 2 is 1.83 bits per heavy atom. The van der Waals surface area contributed by atoms with E-state index in [0.29, 0.717) is 13.0 Å². The molecule has 1 aromatic carbocycles. The highest BCUT2D eigenvalue weighted by atomic mass is 16.3. The van der Waals surface area contributed by atoms with Crippen molar-refractivity contribution >= 4 is 11.8 Å². The van der Waals surface area contributed by atoms with Gasteiger partial charge < -0.3 is 15.7 Å². The second-order valence-electron chi connectivity index (χ2n) is 10.9. The summed E-state index contributed by atoms with van der Waals surface area (Å²) in [5, 5.41) is 17.8. The first-order chi connectivity index (χ1) is 16.8. The van der Waals surface area contributed by atoms with Crippen LogP contribution in [0.4, 0.5) is 0 Å². The van der Waals surface area contributed by atoms with Crippen LogP contribution in [0.1, 0.15) is 57.7 Å². The third-order valence-electron chi connectivity index (χ3n) is 8.67. The number of aromatic nitrogens is 1. The van der Waals surface area contributed by atoms with Crippen LogP contribution in [0.2, 0.25) is 0 Å². The van der Waals surface area contributed by atoms with Crippen LogP contribution >= 0.6 is 0 Å². The van der Waals surface area contributed by atoms with E-state index < -0.39 is 6.10 Å². The molecule has 7 atom stereocenters. The molecule has 2 aliphatic rings. The number of carbonyl (C=O) groups is 2. The smallest absolute Gasteiger partial charge is 0.224 e. The highest BCUT2D eigenvalue weighted by Gasteiger charge is 2.53. The van der Waals surface area contributed by atoms with Crippen LogP contribution in [0, 0.1) is 29.1 Å². The molecule has 1 heterocycles. The number of carbonyl (C=O) groups excluding carboxylic acids is 2. The summed E-state index contributed by atoms with van der Waals surface area (Å²) in [6, 6.07) is 15.5. The lowest BCUT2D eigenvalue weighted by Crippen LogP contribution is -2.58. The van der Waals surface area contributed by atoms with Crippen molar-refractivity contribution in [3.8, 4) is 0 Å². The number of amides is 2. The number of benzene rings is 1. The lowest BCUT2D eigenvalue weighted by molar-refractivity contribution is -0.143. The highest BCUT2D eigenvalue weighted by Crippen LogP contribution is 2.55. The zero-order valence-electron chi connectivity index (χ0n) is 21.1. The Hall–Kier alpha value is -2.73. The number of nitrogens with zero attached hydrogens (tertiary/aromatic N) is 1. The Labute approximate surface area is 208 Å². The zero-order valence-corrected chi connectivity index (χ0v) is 21.1. The molecule has 1 aromatic heterocycles. The van der Waals surface area contributed by atoms with Crippen molar-refractivity contribution in [2.24, 2.45) is 29.1 Å². The molecule has 2 saturated carbocycles. The lowest BCUT2D eigenvalue weighted by atomic mass is 9.51. The van der Waals surface area contributed by atoms with Crippen molar-refractivity contribution < 1.29 is 14.7 Å². The highest BCUT2D eigenvalue weighted by molar-refractivity contribution is 5.79. The molecule has 0 spiro atoms. The van der Waals surface area contributed by atoms with Gasteiger partial charge >= 0.3 is 0 Å². The van der Waals surface area contributed by atoms with E-state index in [1.54, 1.807) is 6.20 Å². The first-order valence-corrected chi connectivity index (χ1v) is 13.0. The van der Waals surface area contributed by atoms with Crippen LogP contribution < -0.4 is 10.6 Å². The van der Waals surface area contributed by atoms with Crippen LogP contribution in [0.25, 0.3) is 0 Å². The number of nitrogens with one attached hydrogen (secondary N) is 2. The molecule has 0 radical (unpaired) electrons. The predicted molar refractivity (Wildman–Crippen MR) is 136 cm³/mol. The number of aliphatic hydroxyl groups excluding tert-OH is 1. The fourth-order valence-electron chi connectivity index (χ4n) is 6.57. The Bertz CT molecular complexity index is 999. The molecule has 2 fully saturated rings. The summed E-state index contributed by atoms with van der Waals surface area (Å²) < 4.78 is 0. The van der Waals surface area contributed by atoms with Crippen molar-refractivity contribution in [2.75, 3.05) is 0 Å². The molecule has 0 saturated heterocycles. The Morgan fingerprint density at radius 3 is 2.54 bits per heavy atom. The van der Waals surface area contributed by atoms with Crippen molar-refractivity contribution in [1.29, 1.82) is 0 Å². The number of hydrogen-bond acceptors (Lipinski definition) is 4. The Morgan fingerprint density at radius 1 is 1.11 bits per heavy atom. The van der Waals surface area contributed by atoms with Gasteiger partial charge in [-0.25, -0.2) is 0 Å². The van der Waals surface area contributed by atoms with Gasteiger partial charge in [0.2, 0.25) is 11.8 Å². The fourth-order valence-corrected chi connectivity index (χ4v) is 6.57. The minimum absolute atomic E-state index is 0.0279. The van der Waals surface area contributed by atoms with Crippen LogP contribution in [0.15, 0.2) is 54.7 Å². The first kappa shape index (κ1) is 25.4. The van der Waals surface area contributed by atoms with E-state index in [1.807, 2.05) is 55.5 Å². The predicted octanol–water partition coefficient (Wildman–Crippen LogP) is 3.88. The van der Waals surface area contributed by atoms with Crippen LogP contribution in [0.3, 0.4) is 0 Å². The van der Waals surface area contributed by atoms with Gasteiger partial charge in [-0.15, -0.1) is 0 Å². The second-order valence-corrected chi connectivity index (χ2v) is 10.9. The molecule has 0 aliphatic heterocycles. The van der Waals surface area contributed by atoms with E-state index in [2.05, 4.69) is 29.5 Å². The molecule has 0 unspecified atom stereocenters. The molecular weight excluding hydrogens is 438 g/mol. The maximum absolute atomic E-state index is 13.0. The molecule has 2 amide bonds. The number of rotatable bonds is 7. The van der Waals surface area contributed by atoms with E-state index in [1.165, 1.54) is 0 Å². The largest absolute Gasteiger partial charge is 0.392 e. The quantitative estimate of drug-likeness (QED) is 0.564. The van der Waals surface area contributed by atoms with Gasteiger partial charge in [-0.3, -0.25) is 14.6 Å². The molecule has 2 aliphatic carbocycles. The molecule has 6 heteroatoms. The van der Waals surface area contributed by atoms with Gasteiger partial charge in [0.1, 0.15) is 0 Å². The molecule has 6 nitrogen and oxygen atoms in total. The van der Waals surface area contributed by atoms with E-state index in [9.17, 15) is 14.7 Å². The van der Waals surface area contributed by atoms with Gasteiger partial charge in [-0.05, 0) is 66.5 Å². The molecule has 0 bridgehead atoms. The molecule has 188 valence electrons. The summed E-state index contributed by atoms with van der Waals surface area (Å²) in [6.45, 7) is 6.76. The standard InChI is InChI=1S/C29H39N3O3/c1-19(28(35)31-18-22-11-7-8-16-30-22)23-12-14-29(3)15-13-24(20(2)26(29)27(23)34)32-25(33)17-21-9-5-4-6-10-21/h4-11,16,19-20,23-24,26-27,34H,12-15,17-18H2,1-3H3,(H,31,35)(H,32,33)/t19-,20+,23+,24-,26+,27-,29-/m0/s1. The van der Waals surface area contributed by atoms with Crippen LogP contribution in [-0.4, -0.2) is 34.1 Å².